The molecule has 0 heterocycles. The molecule has 0 aromatic heterocycles. The van der Waals surface area contributed by atoms with Crippen molar-refractivity contribution in [3.8, 4) is 0 Å². The lowest BCUT2D eigenvalue weighted by molar-refractivity contribution is 0.170. The molecule has 0 aromatic carbocycles. The molecular weight excluding hydrogens is 158 g/mol. The van der Waals surface area contributed by atoms with Crippen LogP contribution in [0.2, 0.25) is 0 Å². The fourth-order valence-electron chi connectivity index (χ4n) is 1.90. The summed E-state index contributed by atoms with van der Waals surface area (Å²) in [5.74, 6) is 1.51. The maximum Gasteiger partial charge on any atom is 0.00104 e. The van der Waals surface area contributed by atoms with E-state index >= 15 is 0 Å². The Balaban J connectivity index is 4.12. The van der Waals surface area contributed by atoms with Crippen LogP contribution in [0, 0.1) is 17.3 Å². The first-order valence-corrected chi connectivity index (χ1v) is 5.48. The Morgan fingerprint density at radius 1 is 1.00 bits per heavy atom. The van der Waals surface area contributed by atoms with Gasteiger partial charge < -0.3 is 5.32 Å². The van der Waals surface area contributed by atoms with Gasteiger partial charge >= 0.3 is 0 Å². The lowest BCUT2D eigenvalue weighted by atomic mass is 9.74. The van der Waals surface area contributed by atoms with Crippen molar-refractivity contribution in [1.82, 2.24) is 5.32 Å². The SMILES string of the molecule is CC(C)NCC(C(C)C)C(C)(C)C. The minimum absolute atomic E-state index is 0.413. The highest BCUT2D eigenvalue weighted by atomic mass is 14.9. The Morgan fingerprint density at radius 2 is 1.46 bits per heavy atom. The molecule has 13 heavy (non-hydrogen) atoms. The summed E-state index contributed by atoms with van der Waals surface area (Å²) in [6.07, 6.45) is 0. The molecule has 0 aliphatic carbocycles. The van der Waals surface area contributed by atoms with E-state index in [1.165, 1.54) is 0 Å². The Labute approximate surface area is 84.3 Å². The smallest absolute Gasteiger partial charge is 0.00104 e. The molecule has 1 nitrogen and oxygen atoms in total. The molecule has 1 heteroatoms. The minimum atomic E-state index is 0.413. The molecule has 1 atom stereocenters. The Bertz CT molecular complexity index is 131. The van der Waals surface area contributed by atoms with E-state index in [1.807, 2.05) is 0 Å². The minimum Gasteiger partial charge on any atom is -0.314 e. The number of hydrogen-bond acceptors (Lipinski definition) is 1. The van der Waals surface area contributed by atoms with Gasteiger partial charge in [0.15, 0.2) is 0 Å². The maximum atomic E-state index is 3.53. The van der Waals surface area contributed by atoms with Gasteiger partial charge in [0.05, 0.1) is 0 Å². The average molecular weight is 185 g/mol. The second-order valence-electron chi connectivity index (χ2n) is 5.78. The van der Waals surface area contributed by atoms with Crippen molar-refractivity contribution >= 4 is 0 Å². The maximum absolute atomic E-state index is 3.53. The molecular formula is C12H27N. The molecule has 0 radical (unpaired) electrons. The van der Waals surface area contributed by atoms with Gasteiger partial charge in [-0.2, -0.15) is 0 Å². The fraction of sp³-hybridized carbons (Fsp3) is 1.00. The average Bonchev–Trinajstić information content (AvgIpc) is 1.81. The van der Waals surface area contributed by atoms with Crippen LogP contribution in [-0.4, -0.2) is 12.6 Å². The fourth-order valence-corrected chi connectivity index (χ4v) is 1.90. The highest BCUT2D eigenvalue weighted by molar-refractivity contribution is 4.78. The first kappa shape index (κ1) is 13.0. The van der Waals surface area contributed by atoms with Crippen LogP contribution in [0.5, 0.6) is 0 Å². The van der Waals surface area contributed by atoms with E-state index in [-0.39, 0.29) is 0 Å². The van der Waals surface area contributed by atoms with E-state index in [9.17, 15) is 0 Å². The summed E-state index contributed by atoms with van der Waals surface area (Å²) in [5.41, 5.74) is 0.413. The summed E-state index contributed by atoms with van der Waals surface area (Å²) in [7, 11) is 0. The highest BCUT2D eigenvalue weighted by Gasteiger charge is 2.26. The van der Waals surface area contributed by atoms with Crippen LogP contribution >= 0.6 is 0 Å². The largest absolute Gasteiger partial charge is 0.314 e. The zero-order valence-electron chi connectivity index (χ0n) is 10.4. The van der Waals surface area contributed by atoms with Gasteiger partial charge in [0.1, 0.15) is 0 Å². The predicted molar refractivity (Wildman–Crippen MR) is 60.9 cm³/mol. The molecule has 80 valence electrons. The molecule has 0 amide bonds. The third-order valence-electron chi connectivity index (χ3n) is 2.66. The molecule has 0 saturated heterocycles. The lowest BCUT2D eigenvalue weighted by Crippen LogP contribution is -2.37. The molecule has 0 aromatic rings. The quantitative estimate of drug-likeness (QED) is 0.708. The van der Waals surface area contributed by atoms with Crippen LogP contribution in [-0.2, 0) is 0 Å². The van der Waals surface area contributed by atoms with Gasteiger partial charge in [0, 0.05) is 6.04 Å². The van der Waals surface area contributed by atoms with E-state index in [0.29, 0.717) is 11.5 Å². The number of hydrogen-bond donors (Lipinski definition) is 1. The zero-order chi connectivity index (χ0) is 10.6. The van der Waals surface area contributed by atoms with Gasteiger partial charge in [-0.25, -0.2) is 0 Å². The molecule has 0 saturated carbocycles. The van der Waals surface area contributed by atoms with Crippen LogP contribution < -0.4 is 5.32 Å². The van der Waals surface area contributed by atoms with E-state index in [0.717, 1.165) is 18.4 Å². The molecule has 0 bridgehead atoms. The van der Waals surface area contributed by atoms with Gasteiger partial charge in [0.2, 0.25) is 0 Å². The van der Waals surface area contributed by atoms with E-state index < -0.39 is 0 Å². The van der Waals surface area contributed by atoms with Gasteiger partial charge in [-0.15, -0.1) is 0 Å². The molecule has 0 fully saturated rings. The zero-order valence-corrected chi connectivity index (χ0v) is 10.4. The molecule has 0 aliphatic rings. The van der Waals surface area contributed by atoms with Crippen molar-refractivity contribution in [2.45, 2.75) is 54.5 Å². The second kappa shape index (κ2) is 4.99. The number of nitrogens with one attached hydrogen (secondary N) is 1. The Kier molecular flexibility index (Phi) is 4.98. The van der Waals surface area contributed by atoms with Gasteiger partial charge in [0.25, 0.3) is 0 Å². The van der Waals surface area contributed by atoms with Crippen molar-refractivity contribution in [1.29, 1.82) is 0 Å². The predicted octanol–water partition coefficient (Wildman–Crippen LogP) is 3.30. The van der Waals surface area contributed by atoms with Gasteiger partial charge in [-0.3, -0.25) is 0 Å². The first-order chi connectivity index (χ1) is 5.75. The van der Waals surface area contributed by atoms with Crippen molar-refractivity contribution in [3.05, 3.63) is 0 Å². The summed E-state index contributed by atoms with van der Waals surface area (Å²) in [4.78, 5) is 0. The van der Waals surface area contributed by atoms with Crippen LogP contribution in [0.1, 0.15) is 48.5 Å². The number of rotatable bonds is 4. The van der Waals surface area contributed by atoms with Crippen LogP contribution in [0.3, 0.4) is 0 Å². The van der Waals surface area contributed by atoms with Gasteiger partial charge in [-0.1, -0.05) is 48.5 Å². The van der Waals surface area contributed by atoms with Crippen molar-refractivity contribution in [3.63, 3.8) is 0 Å². The Hall–Kier alpha value is -0.0400. The van der Waals surface area contributed by atoms with E-state index in [1.54, 1.807) is 0 Å². The normalized spacial score (nSPS) is 15.5. The summed E-state index contributed by atoms with van der Waals surface area (Å²) in [6.45, 7) is 17.2. The second-order valence-corrected chi connectivity index (χ2v) is 5.78. The first-order valence-electron chi connectivity index (χ1n) is 5.48. The van der Waals surface area contributed by atoms with Crippen molar-refractivity contribution < 1.29 is 0 Å². The van der Waals surface area contributed by atoms with Crippen LogP contribution in [0.4, 0.5) is 0 Å². The Morgan fingerprint density at radius 3 is 1.69 bits per heavy atom. The summed E-state index contributed by atoms with van der Waals surface area (Å²) < 4.78 is 0. The third-order valence-corrected chi connectivity index (χ3v) is 2.66. The lowest BCUT2D eigenvalue weighted by Gasteiger charge is -2.34. The third kappa shape index (κ3) is 5.30. The summed E-state index contributed by atoms with van der Waals surface area (Å²) in [5, 5.41) is 3.53. The van der Waals surface area contributed by atoms with E-state index in [2.05, 4.69) is 53.8 Å². The van der Waals surface area contributed by atoms with Gasteiger partial charge in [-0.05, 0) is 23.8 Å². The molecule has 0 rings (SSSR count). The van der Waals surface area contributed by atoms with Crippen LogP contribution in [0.25, 0.3) is 0 Å². The topological polar surface area (TPSA) is 12.0 Å². The van der Waals surface area contributed by atoms with Crippen LogP contribution in [0.15, 0.2) is 0 Å². The molecule has 1 N–H and O–H groups in total. The molecule has 0 spiro atoms. The summed E-state index contributed by atoms with van der Waals surface area (Å²) >= 11 is 0. The highest BCUT2D eigenvalue weighted by Crippen LogP contribution is 2.31. The standard InChI is InChI=1S/C12H27N/c1-9(2)11(12(5,6)7)8-13-10(3)4/h9-11,13H,8H2,1-7H3. The molecule has 1 unspecified atom stereocenters. The summed E-state index contributed by atoms with van der Waals surface area (Å²) in [6, 6.07) is 0.601. The van der Waals surface area contributed by atoms with Crippen molar-refractivity contribution in [2.75, 3.05) is 6.54 Å². The van der Waals surface area contributed by atoms with Crippen molar-refractivity contribution in [2.24, 2.45) is 17.3 Å². The van der Waals surface area contributed by atoms with E-state index in [4.69, 9.17) is 0 Å². The monoisotopic (exact) mass is 185 g/mol. The molecule has 0 aliphatic heterocycles.